The Balaban J connectivity index is 2.82. The van der Waals surface area contributed by atoms with Crippen LogP contribution in [-0.2, 0) is 6.42 Å². The second-order valence-electron chi connectivity index (χ2n) is 3.78. The van der Waals surface area contributed by atoms with Crippen LogP contribution in [0.15, 0.2) is 24.8 Å². The Hall–Kier alpha value is -1.68. The monoisotopic (exact) mass is 251 g/mol. The zero-order valence-electron chi connectivity index (χ0n) is 11.3. The molecule has 1 rings (SSSR count). The van der Waals surface area contributed by atoms with Gasteiger partial charge in [-0.25, -0.2) is 0 Å². The largest absolute Gasteiger partial charge is 0.493 e. The van der Waals surface area contributed by atoms with E-state index in [2.05, 4.69) is 11.9 Å². The molecule has 0 amide bonds. The van der Waals surface area contributed by atoms with Gasteiger partial charge in [-0.3, -0.25) is 0 Å². The normalized spacial score (nSPS) is 9.94. The molecule has 18 heavy (non-hydrogen) atoms. The van der Waals surface area contributed by atoms with E-state index in [1.54, 1.807) is 21.3 Å². The van der Waals surface area contributed by atoms with Gasteiger partial charge in [0.05, 0.1) is 21.3 Å². The summed E-state index contributed by atoms with van der Waals surface area (Å²) in [6, 6.07) is 3.94. The third-order valence-corrected chi connectivity index (χ3v) is 2.60. The van der Waals surface area contributed by atoms with Crippen molar-refractivity contribution in [3.63, 3.8) is 0 Å². The van der Waals surface area contributed by atoms with Crippen LogP contribution in [0.2, 0.25) is 0 Å². The smallest absolute Gasteiger partial charge is 0.203 e. The van der Waals surface area contributed by atoms with E-state index in [0.717, 1.165) is 25.1 Å². The minimum absolute atomic E-state index is 0.628. The topological polar surface area (TPSA) is 39.7 Å². The van der Waals surface area contributed by atoms with Crippen molar-refractivity contribution < 1.29 is 14.2 Å². The number of hydrogen-bond acceptors (Lipinski definition) is 4. The lowest BCUT2D eigenvalue weighted by Gasteiger charge is -2.14. The number of hydrogen-bond donors (Lipinski definition) is 1. The maximum absolute atomic E-state index is 5.31. The molecule has 0 bridgehead atoms. The lowest BCUT2D eigenvalue weighted by atomic mass is 10.1. The van der Waals surface area contributed by atoms with Crippen LogP contribution < -0.4 is 19.5 Å². The van der Waals surface area contributed by atoms with Crippen molar-refractivity contribution in [3.05, 3.63) is 30.4 Å². The molecule has 0 aliphatic rings. The minimum atomic E-state index is 0.628. The summed E-state index contributed by atoms with van der Waals surface area (Å²) >= 11 is 0. The molecule has 1 aromatic rings. The summed E-state index contributed by atoms with van der Waals surface area (Å²) in [6.07, 6.45) is 2.74. The molecule has 1 N–H and O–H groups in total. The highest BCUT2D eigenvalue weighted by molar-refractivity contribution is 5.53. The molecule has 0 spiro atoms. The van der Waals surface area contributed by atoms with Crippen LogP contribution in [0.3, 0.4) is 0 Å². The van der Waals surface area contributed by atoms with Crippen LogP contribution in [0.4, 0.5) is 0 Å². The highest BCUT2D eigenvalue weighted by Crippen LogP contribution is 2.38. The number of ether oxygens (including phenoxy) is 3. The lowest BCUT2D eigenvalue weighted by Crippen LogP contribution is -2.16. The van der Waals surface area contributed by atoms with Crippen LogP contribution in [0.25, 0.3) is 0 Å². The lowest BCUT2D eigenvalue weighted by molar-refractivity contribution is 0.324. The van der Waals surface area contributed by atoms with Gasteiger partial charge in [0.2, 0.25) is 5.75 Å². The van der Waals surface area contributed by atoms with E-state index < -0.39 is 0 Å². The summed E-state index contributed by atoms with van der Waals surface area (Å²) < 4.78 is 15.9. The third-order valence-electron chi connectivity index (χ3n) is 2.60. The van der Waals surface area contributed by atoms with E-state index in [9.17, 15) is 0 Å². The predicted octanol–water partition coefficient (Wildman–Crippen LogP) is 2.03. The number of rotatable bonds is 8. The summed E-state index contributed by atoms with van der Waals surface area (Å²) in [5.74, 6) is 2.01. The highest BCUT2D eigenvalue weighted by Gasteiger charge is 2.12. The molecule has 1 aromatic carbocycles. The van der Waals surface area contributed by atoms with Crippen molar-refractivity contribution in [3.8, 4) is 17.2 Å². The van der Waals surface area contributed by atoms with Crippen molar-refractivity contribution in [1.29, 1.82) is 0 Å². The molecule has 0 radical (unpaired) electrons. The first-order valence-electron chi connectivity index (χ1n) is 5.87. The molecule has 0 saturated carbocycles. The van der Waals surface area contributed by atoms with Crippen molar-refractivity contribution in [1.82, 2.24) is 5.32 Å². The van der Waals surface area contributed by atoms with Crippen LogP contribution in [0, 0.1) is 0 Å². The van der Waals surface area contributed by atoms with Crippen molar-refractivity contribution >= 4 is 0 Å². The van der Waals surface area contributed by atoms with Gasteiger partial charge in [0.25, 0.3) is 0 Å². The Morgan fingerprint density at radius 1 is 1.11 bits per heavy atom. The molecule has 0 unspecified atom stereocenters. The van der Waals surface area contributed by atoms with E-state index >= 15 is 0 Å². The van der Waals surface area contributed by atoms with Crippen molar-refractivity contribution in [2.45, 2.75) is 6.42 Å². The Morgan fingerprint density at radius 3 is 2.17 bits per heavy atom. The first-order chi connectivity index (χ1) is 8.76. The Bertz CT molecular complexity index is 366. The Kier molecular flexibility index (Phi) is 6.08. The zero-order valence-corrected chi connectivity index (χ0v) is 11.3. The molecule has 4 nitrogen and oxygen atoms in total. The van der Waals surface area contributed by atoms with Crippen LogP contribution >= 0.6 is 0 Å². The van der Waals surface area contributed by atoms with Crippen molar-refractivity contribution in [2.75, 3.05) is 34.4 Å². The van der Waals surface area contributed by atoms with Crippen LogP contribution in [-0.4, -0.2) is 34.4 Å². The molecular formula is C14H21NO3. The van der Waals surface area contributed by atoms with E-state index in [1.165, 1.54) is 0 Å². The van der Waals surface area contributed by atoms with E-state index in [-0.39, 0.29) is 0 Å². The molecule has 0 atom stereocenters. The molecule has 0 aliphatic carbocycles. The van der Waals surface area contributed by atoms with Gasteiger partial charge < -0.3 is 19.5 Å². The third kappa shape index (κ3) is 3.67. The first kappa shape index (κ1) is 14.4. The van der Waals surface area contributed by atoms with Gasteiger partial charge in [-0.05, 0) is 30.7 Å². The number of nitrogens with one attached hydrogen (secondary N) is 1. The van der Waals surface area contributed by atoms with Gasteiger partial charge in [-0.15, -0.1) is 6.58 Å². The fourth-order valence-electron chi connectivity index (χ4n) is 1.72. The SMILES string of the molecule is C=CCNCCc1cc(OC)c(OC)c(OC)c1. The van der Waals surface area contributed by atoms with Gasteiger partial charge in [0, 0.05) is 6.54 Å². The Labute approximate surface area is 109 Å². The quantitative estimate of drug-likeness (QED) is 0.567. The number of methoxy groups -OCH3 is 3. The maximum atomic E-state index is 5.31. The fourth-order valence-corrected chi connectivity index (χ4v) is 1.72. The van der Waals surface area contributed by atoms with Crippen molar-refractivity contribution in [2.24, 2.45) is 0 Å². The standard InChI is InChI=1S/C14H21NO3/c1-5-7-15-8-6-11-9-12(16-2)14(18-4)13(10-11)17-3/h5,9-10,15H,1,6-8H2,2-4H3. The summed E-state index contributed by atoms with van der Waals surface area (Å²) in [4.78, 5) is 0. The molecule has 100 valence electrons. The molecule has 0 aliphatic heterocycles. The van der Waals surface area contributed by atoms with Gasteiger partial charge >= 0.3 is 0 Å². The summed E-state index contributed by atoms with van der Waals surface area (Å²) in [7, 11) is 4.85. The van der Waals surface area contributed by atoms with Gasteiger partial charge in [-0.2, -0.15) is 0 Å². The van der Waals surface area contributed by atoms with Gasteiger partial charge in [0.15, 0.2) is 11.5 Å². The predicted molar refractivity (Wildman–Crippen MR) is 72.9 cm³/mol. The van der Waals surface area contributed by atoms with E-state index in [0.29, 0.717) is 17.2 Å². The van der Waals surface area contributed by atoms with Crippen LogP contribution in [0.1, 0.15) is 5.56 Å². The molecule has 0 aromatic heterocycles. The average molecular weight is 251 g/mol. The Morgan fingerprint density at radius 2 is 1.72 bits per heavy atom. The van der Waals surface area contributed by atoms with Gasteiger partial charge in [-0.1, -0.05) is 6.08 Å². The molecule has 0 saturated heterocycles. The maximum Gasteiger partial charge on any atom is 0.203 e. The van der Waals surface area contributed by atoms with Gasteiger partial charge in [0.1, 0.15) is 0 Å². The average Bonchev–Trinajstić information content (AvgIpc) is 2.42. The van der Waals surface area contributed by atoms with E-state index in [4.69, 9.17) is 14.2 Å². The molecule has 0 fully saturated rings. The fraction of sp³-hybridized carbons (Fsp3) is 0.429. The molecular weight excluding hydrogens is 230 g/mol. The summed E-state index contributed by atoms with van der Waals surface area (Å²) in [5.41, 5.74) is 1.14. The second-order valence-corrected chi connectivity index (χ2v) is 3.78. The highest BCUT2D eigenvalue weighted by atomic mass is 16.5. The molecule has 4 heteroatoms. The molecule has 0 heterocycles. The summed E-state index contributed by atoms with van der Waals surface area (Å²) in [6.45, 7) is 5.35. The number of benzene rings is 1. The van der Waals surface area contributed by atoms with Crippen LogP contribution in [0.5, 0.6) is 17.2 Å². The zero-order chi connectivity index (χ0) is 13.4. The first-order valence-corrected chi connectivity index (χ1v) is 5.87. The summed E-state index contributed by atoms with van der Waals surface area (Å²) in [5, 5.41) is 3.26. The van der Waals surface area contributed by atoms with E-state index in [1.807, 2.05) is 18.2 Å². The second kappa shape index (κ2) is 7.61. The minimum Gasteiger partial charge on any atom is -0.493 e.